The van der Waals surface area contributed by atoms with E-state index in [0.29, 0.717) is 11.3 Å². The lowest BCUT2D eigenvalue weighted by atomic mass is 10.2. The largest absolute Gasteiger partial charge is 0.396 e. The third kappa shape index (κ3) is 3.36. The van der Waals surface area contributed by atoms with Crippen molar-refractivity contribution in [3.8, 4) is 0 Å². The highest BCUT2D eigenvalue weighted by atomic mass is 79.9. The zero-order valence-electron chi connectivity index (χ0n) is 11.4. The SMILES string of the molecule is Cc1cc(Br)ccc1NS(=O)(=O)c1cc(N)c(F)cc1C. The van der Waals surface area contributed by atoms with Crippen LogP contribution in [0.5, 0.6) is 0 Å². The average molecular weight is 373 g/mol. The first-order valence-corrected chi connectivity index (χ1v) is 8.33. The lowest BCUT2D eigenvalue weighted by Crippen LogP contribution is -2.15. The van der Waals surface area contributed by atoms with Gasteiger partial charge in [-0.1, -0.05) is 15.9 Å². The highest BCUT2D eigenvalue weighted by Gasteiger charge is 2.19. The van der Waals surface area contributed by atoms with E-state index in [1.165, 1.54) is 6.92 Å². The van der Waals surface area contributed by atoms with E-state index in [-0.39, 0.29) is 10.6 Å². The van der Waals surface area contributed by atoms with Gasteiger partial charge < -0.3 is 5.73 Å². The summed E-state index contributed by atoms with van der Waals surface area (Å²) in [5, 5.41) is 0. The number of hydrogen-bond acceptors (Lipinski definition) is 3. The molecule has 0 radical (unpaired) electrons. The number of halogens is 2. The molecule has 0 saturated heterocycles. The fourth-order valence-electron chi connectivity index (χ4n) is 1.90. The lowest BCUT2D eigenvalue weighted by molar-refractivity contribution is 0.599. The fraction of sp³-hybridized carbons (Fsp3) is 0.143. The van der Waals surface area contributed by atoms with Gasteiger partial charge in [0.2, 0.25) is 0 Å². The van der Waals surface area contributed by atoms with Gasteiger partial charge >= 0.3 is 0 Å². The smallest absolute Gasteiger partial charge is 0.262 e. The van der Waals surface area contributed by atoms with Crippen molar-refractivity contribution in [1.29, 1.82) is 0 Å². The zero-order valence-corrected chi connectivity index (χ0v) is 13.8. The predicted molar refractivity (Wildman–Crippen MR) is 85.2 cm³/mol. The molecular formula is C14H14BrFN2O2S. The first-order valence-electron chi connectivity index (χ1n) is 6.05. The van der Waals surface area contributed by atoms with Gasteiger partial charge in [-0.2, -0.15) is 0 Å². The molecule has 7 heteroatoms. The summed E-state index contributed by atoms with van der Waals surface area (Å²) in [5.41, 5.74) is 6.77. The minimum Gasteiger partial charge on any atom is -0.396 e. The molecule has 2 rings (SSSR count). The van der Waals surface area contributed by atoms with E-state index >= 15 is 0 Å². The molecule has 0 atom stereocenters. The van der Waals surface area contributed by atoms with E-state index in [0.717, 1.165) is 22.2 Å². The lowest BCUT2D eigenvalue weighted by Gasteiger charge is -2.13. The molecular weight excluding hydrogens is 359 g/mol. The summed E-state index contributed by atoms with van der Waals surface area (Å²) in [7, 11) is -3.83. The molecule has 0 saturated carbocycles. The van der Waals surface area contributed by atoms with Gasteiger partial charge in [0.15, 0.2) is 0 Å². The van der Waals surface area contributed by atoms with Crippen LogP contribution >= 0.6 is 15.9 Å². The van der Waals surface area contributed by atoms with E-state index in [9.17, 15) is 12.8 Å². The summed E-state index contributed by atoms with van der Waals surface area (Å²) in [6.45, 7) is 3.31. The second kappa shape index (κ2) is 5.65. The van der Waals surface area contributed by atoms with Crippen LogP contribution in [-0.2, 0) is 10.0 Å². The van der Waals surface area contributed by atoms with Crippen LogP contribution in [0.2, 0.25) is 0 Å². The molecule has 0 aliphatic heterocycles. The Balaban J connectivity index is 2.46. The first kappa shape index (κ1) is 15.8. The van der Waals surface area contributed by atoms with Gasteiger partial charge in [0.05, 0.1) is 16.3 Å². The van der Waals surface area contributed by atoms with Crippen molar-refractivity contribution in [3.63, 3.8) is 0 Å². The summed E-state index contributed by atoms with van der Waals surface area (Å²) in [6, 6.07) is 7.42. The molecule has 3 N–H and O–H groups in total. The second-order valence-electron chi connectivity index (χ2n) is 4.70. The average Bonchev–Trinajstić information content (AvgIpc) is 2.37. The normalized spacial score (nSPS) is 11.4. The number of aryl methyl sites for hydroxylation is 2. The molecule has 2 aromatic rings. The Morgan fingerprint density at radius 1 is 1.14 bits per heavy atom. The molecule has 0 fully saturated rings. The van der Waals surface area contributed by atoms with Gasteiger partial charge in [-0.15, -0.1) is 0 Å². The van der Waals surface area contributed by atoms with Gasteiger partial charge in [0, 0.05) is 4.47 Å². The van der Waals surface area contributed by atoms with Crippen LogP contribution in [0.3, 0.4) is 0 Å². The van der Waals surface area contributed by atoms with E-state index in [1.54, 1.807) is 25.1 Å². The van der Waals surface area contributed by atoms with E-state index in [2.05, 4.69) is 20.7 Å². The minimum atomic E-state index is -3.83. The van der Waals surface area contributed by atoms with Crippen LogP contribution in [0.1, 0.15) is 11.1 Å². The summed E-state index contributed by atoms with van der Waals surface area (Å²) in [6.07, 6.45) is 0. The highest BCUT2D eigenvalue weighted by molar-refractivity contribution is 9.10. The standard InChI is InChI=1S/C14H14BrFN2O2S/c1-8-5-10(15)3-4-13(8)18-21(19,20)14-7-12(17)11(16)6-9(14)2/h3-7,18H,17H2,1-2H3. The molecule has 4 nitrogen and oxygen atoms in total. The van der Waals surface area contributed by atoms with Crippen LogP contribution in [0.15, 0.2) is 39.7 Å². The first-order chi connectivity index (χ1) is 9.70. The molecule has 0 aliphatic carbocycles. The van der Waals surface area contributed by atoms with Crippen molar-refractivity contribution in [3.05, 3.63) is 51.7 Å². The molecule has 0 bridgehead atoms. The number of nitrogens with two attached hydrogens (primary N) is 1. The Morgan fingerprint density at radius 3 is 2.43 bits per heavy atom. The Kier molecular flexibility index (Phi) is 4.25. The summed E-state index contributed by atoms with van der Waals surface area (Å²) < 4.78 is 41.5. The zero-order chi connectivity index (χ0) is 15.8. The van der Waals surface area contributed by atoms with Crippen molar-refractivity contribution < 1.29 is 12.8 Å². The quantitative estimate of drug-likeness (QED) is 0.808. The van der Waals surface area contributed by atoms with Gasteiger partial charge in [0.1, 0.15) is 5.82 Å². The molecule has 2 aromatic carbocycles. The molecule has 0 amide bonds. The molecule has 112 valence electrons. The summed E-state index contributed by atoms with van der Waals surface area (Å²) in [5.74, 6) is -0.633. The number of anilines is 2. The maximum Gasteiger partial charge on any atom is 0.262 e. The second-order valence-corrected chi connectivity index (χ2v) is 7.27. The number of nitrogen functional groups attached to an aromatic ring is 1. The van der Waals surface area contributed by atoms with Gasteiger partial charge in [-0.05, 0) is 55.3 Å². The van der Waals surface area contributed by atoms with Crippen molar-refractivity contribution >= 4 is 37.3 Å². The van der Waals surface area contributed by atoms with E-state index in [4.69, 9.17) is 5.73 Å². The highest BCUT2D eigenvalue weighted by Crippen LogP contribution is 2.26. The number of sulfonamides is 1. The van der Waals surface area contributed by atoms with Crippen LogP contribution in [0.25, 0.3) is 0 Å². The van der Waals surface area contributed by atoms with Crippen molar-refractivity contribution in [1.82, 2.24) is 0 Å². The molecule has 0 heterocycles. The van der Waals surface area contributed by atoms with Crippen LogP contribution in [0.4, 0.5) is 15.8 Å². The van der Waals surface area contributed by atoms with Crippen molar-refractivity contribution in [2.45, 2.75) is 18.7 Å². The third-order valence-electron chi connectivity index (χ3n) is 3.02. The van der Waals surface area contributed by atoms with Crippen LogP contribution in [-0.4, -0.2) is 8.42 Å². The number of rotatable bonds is 3. The minimum absolute atomic E-state index is 0.0382. The van der Waals surface area contributed by atoms with E-state index in [1.807, 2.05) is 0 Å². The van der Waals surface area contributed by atoms with Crippen molar-refractivity contribution in [2.24, 2.45) is 0 Å². The maximum atomic E-state index is 13.3. The molecule has 21 heavy (non-hydrogen) atoms. The topological polar surface area (TPSA) is 72.2 Å². The fourth-order valence-corrected chi connectivity index (χ4v) is 3.77. The van der Waals surface area contributed by atoms with Crippen LogP contribution in [0, 0.1) is 19.7 Å². The molecule has 0 spiro atoms. The van der Waals surface area contributed by atoms with E-state index < -0.39 is 15.8 Å². The Morgan fingerprint density at radius 2 is 1.81 bits per heavy atom. The number of benzene rings is 2. The number of nitrogens with one attached hydrogen (secondary N) is 1. The molecule has 0 aliphatic rings. The van der Waals surface area contributed by atoms with Gasteiger partial charge in [-0.3, -0.25) is 4.72 Å². The third-order valence-corrected chi connectivity index (χ3v) is 5.02. The monoisotopic (exact) mass is 372 g/mol. The molecule has 0 unspecified atom stereocenters. The van der Waals surface area contributed by atoms with Gasteiger partial charge in [-0.25, -0.2) is 12.8 Å². The summed E-state index contributed by atoms with van der Waals surface area (Å²) >= 11 is 3.31. The van der Waals surface area contributed by atoms with Crippen molar-refractivity contribution in [2.75, 3.05) is 10.5 Å². The van der Waals surface area contributed by atoms with Gasteiger partial charge in [0.25, 0.3) is 10.0 Å². The Bertz CT molecular complexity index is 807. The van der Waals surface area contributed by atoms with Crippen LogP contribution < -0.4 is 10.5 Å². The molecule has 0 aromatic heterocycles. The summed E-state index contributed by atoms with van der Waals surface area (Å²) in [4.78, 5) is -0.0382. The number of hydrogen-bond donors (Lipinski definition) is 2. The predicted octanol–water partition coefficient (Wildman–Crippen LogP) is 3.59. The Labute approximate surface area is 131 Å². The Hall–Kier alpha value is -1.60. The maximum absolute atomic E-state index is 13.3.